The third kappa shape index (κ3) is 3.19. The molecule has 2 rings (SSSR count). The first-order valence-corrected chi connectivity index (χ1v) is 6.97. The van der Waals surface area contributed by atoms with Crippen LogP contribution in [-0.2, 0) is 9.53 Å². The number of carbonyl (C=O) groups is 1. The molecule has 1 aliphatic rings. The first kappa shape index (κ1) is 14.6. The fourth-order valence-corrected chi connectivity index (χ4v) is 2.26. The summed E-state index contributed by atoms with van der Waals surface area (Å²) < 4.78 is 5.43. The number of ether oxygens (including phenoxy) is 1. The van der Waals surface area contributed by atoms with E-state index in [0.29, 0.717) is 37.8 Å². The maximum absolute atomic E-state index is 12.2. The molecule has 0 aromatic carbocycles. The second kappa shape index (κ2) is 6.56. The number of rotatable bonds is 4. The summed E-state index contributed by atoms with van der Waals surface area (Å²) >= 11 is 0. The predicted molar refractivity (Wildman–Crippen MR) is 78.6 cm³/mol. The highest BCUT2D eigenvalue weighted by Gasteiger charge is 2.31. The Kier molecular flexibility index (Phi) is 4.79. The molecular formula is C14H22N4O2. The highest BCUT2D eigenvalue weighted by atomic mass is 16.5. The van der Waals surface area contributed by atoms with Gasteiger partial charge in [0.1, 0.15) is 6.04 Å². The summed E-state index contributed by atoms with van der Waals surface area (Å²) in [4.78, 5) is 18.5. The van der Waals surface area contributed by atoms with Gasteiger partial charge < -0.3 is 20.7 Å². The van der Waals surface area contributed by atoms with Crippen LogP contribution in [0.25, 0.3) is 0 Å². The lowest BCUT2D eigenvalue weighted by atomic mass is 10.2. The summed E-state index contributed by atoms with van der Waals surface area (Å²) in [6, 6.07) is 1.51. The SMILES string of the molecule is CCCNC(=O)C1COCCN1c1ncc(C)cc1N. The highest BCUT2D eigenvalue weighted by molar-refractivity contribution is 5.86. The van der Waals surface area contributed by atoms with Crippen LogP contribution in [0.3, 0.4) is 0 Å². The highest BCUT2D eigenvalue weighted by Crippen LogP contribution is 2.24. The number of amides is 1. The number of pyridine rings is 1. The average Bonchev–Trinajstić information content (AvgIpc) is 2.45. The van der Waals surface area contributed by atoms with E-state index in [2.05, 4.69) is 10.3 Å². The molecular weight excluding hydrogens is 256 g/mol. The molecule has 0 saturated carbocycles. The Labute approximate surface area is 119 Å². The van der Waals surface area contributed by atoms with Gasteiger partial charge in [-0.15, -0.1) is 0 Å². The molecule has 20 heavy (non-hydrogen) atoms. The lowest BCUT2D eigenvalue weighted by Gasteiger charge is -2.36. The van der Waals surface area contributed by atoms with E-state index < -0.39 is 0 Å². The maximum atomic E-state index is 12.2. The first-order chi connectivity index (χ1) is 9.63. The van der Waals surface area contributed by atoms with E-state index >= 15 is 0 Å². The molecule has 1 fully saturated rings. The van der Waals surface area contributed by atoms with Gasteiger partial charge in [0, 0.05) is 19.3 Å². The van der Waals surface area contributed by atoms with Crippen molar-refractivity contribution in [3.8, 4) is 0 Å². The van der Waals surface area contributed by atoms with Gasteiger partial charge in [-0.3, -0.25) is 4.79 Å². The quantitative estimate of drug-likeness (QED) is 0.847. The number of carbonyl (C=O) groups excluding carboxylic acids is 1. The van der Waals surface area contributed by atoms with Gasteiger partial charge in [-0.25, -0.2) is 4.98 Å². The molecule has 1 saturated heterocycles. The molecule has 0 bridgehead atoms. The number of aromatic nitrogens is 1. The number of nitrogens with two attached hydrogens (primary N) is 1. The molecule has 6 heteroatoms. The fraction of sp³-hybridized carbons (Fsp3) is 0.571. The Balaban J connectivity index is 2.19. The van der Waals surface area contributed by atoms with Crippen LogP contribution >= 0.6 is 0 Å². The van der Waals surface area contributed by atoms with E-state index in [9.17, 15) is 4.79 Å². The number of morpholine rings is 1. The van der Waals surface area contributed by atoms with Crippen LogP contribution in [0.4, 0.5) is 11.5 Å². The van der Waals surface area contributed by atoms with Crippen molar-refractivity contribution in [2.45, 2.75) is 26.3 Å². The number of anilines is 2. The van der Waals surface area contributed by atoms with Crippen molar-refractivity contribution in [3.05, 3.63) is 17.8 Å². The summed E-state index contributed by atoms with van der Waals surface area (Å²) in [6.45, 7) is 6.19. The molecule has 1 atom stereocenters. The minimum absolute atomic E-state index is 0.0340. The molecule has 1 aliphatic heterocycles. The van der Waals surface area contributed by atoms with Crippen LogP contribution in [0.1, 0.15) is 18.9 Å². The Morgan fingerprint density at radius 3 is 3.15 bits per heavy atom. The Hall–Kier alpha value is -1.82. The van der Waals surface area contributed by atoms with Crippen LogP contribution in [0, 0.1) is 6.92 Å². The number of hydrogen-bond donors (Lipinski definition) is 2. The topological polar surface area (TPSA) is 80.5 Å². The number of nitrogens with zero attached hydrogens (tertiary/aromatic N) is 2. The van der Waals surface area contributed by atoms with Gasteiger partial charge in [-0.1, -0.05) is 6.92 Å². The number of nitrogen functional groups attached to an aromatic ring is 1. The number of hydrogen-bond acceptors (Lipinski definition) is 5. The van der Waals surface area contributed by atoms with Crippen LogP contribution in [-0.4, -0.2) is 43.2 Å². The second-order valence-electron chi connectivity index (χ2n) is 5.00. The van der Waals surface area contributed by atoms with Crippen LogP contribution in [0.2, 0.25) is 0 Å². The summed E-state index contributed by atoms with van der Waals surface area (Å²) in [7, 11) is 0. The average molecular weight is 278 g/mol. The van der Waals surface area contributed by atoms with Crippen molar-refractivity contribution >= 4 is 17.4 Å². The van der Waals surface area contributed by atoms with E-state index in [-0.39, 0.29) is 11.9 Å². The van der Waals surface area contributed by atoms with Gasteiger partial charge in [0.05, 0.1) is 18.9 Å². The zero-order valence-corrected chi connectivity index (χ0v) is 12.1. The van der Waals surface area contributed by atoms with Gasteiger partial charge in [0.25, 0.3) is 0 Å². The number of aryl methyl sites for hydroxylation is 1. The molecule has 3 N–H and O–H groups in total. The minimum Gasteiger partial charge on any atom is -0.396 e. The van der Waals surface area contributed by atoms with Crippen molar-refractivity contribution < 1.29 is 9.53 Å². The lowest BCUT2D eigenvalue weighted by Crippen LogP contribution is -2.54. The predicted octanol–water partition coefficient (Wildman–Crippen LogP) is 0.704. The monoisotopic (exact) mass is 278 g/mol. The lowest BCUT2D eigenvalue weighted by molar-refractivity contribution is -0.124. The standard InChI is InChI=1S/C14H22N4O2/c1-3-4-16-14(19)12-9-20-6-5-18(12)13-11(15)7-10(2)8-17-13/h7-8,12H,3-6,9,15H2,1-2H3,(H,16,19). The van der Waals surface area contributed by atoms with E-state index in [1.165, 1.54) is 0 Å². The van der Waals surface area contributed by atoms with Crippen LogP contribution in [0.5, 0.6) is 0 Å². The van der Waals surface area contributed by atoms with Gasteiger partial charge in [-0.05, 0) is 25.0 Å². The van der Waals surface area contributed by atoms with Crippen LogP contribution < -0.4 is 16.0 Å². The van der Waals surface area contributed by atoms with Gasteiger partial charge >= 0.3 is 0 Å². The molecule has 1 aromatic rings. The van der Waals surface area contributed by atoms with Crippen molar-refractivity contribution in [2.24, 2.45) is 0 Å². The van der Waals surface area contributed by atoms with Gasteiger partial charge in [0.15, 0.2) is 5.82 Å². The maximum Gasteiger partial charge on any atom is 0.245 e. The van der Waals surface area contributed by atoms with E-state index in [1.807, 2.05) is 24.8 Å². The van der Waals surface area contributed by atoms with E-state index in [0.717, 1.165) is 12.0 Å². The zero-order chi connectivity index (χ0) is 14.5. The second-order valence-corrected chi connectivity index (χ2v) is 5.00. The first-order valence-electron chi connectivity index (χ1n) is 6.97. The zero-order valence-electron chi connectivity index (χ0n) is 12.1. The molecule has 6 nitrogen and oxygen atoms in total. The molecule has 2 heterocycles. The smallest absolute Gasteiger partial charge is 0.245 e. The van der Waals surface area contributed by atoms with Crippen molar-refractivity contribution in [2.75, 3.05) is 36.9 Å². The Bertz CT molecular complexity index is 478. The molecule has 1 aromatic heterocycles. The Morgan fingerprint density at radius 2 is 2.45 bits per heavy atom. The Morgan fingerprint density at radius 1 is 1.65 bits per heavy atom. The molecule has 0 aliphatic carbocycles. The summed E-state index contributed by atoms with van der Waals surface area (Å²) in [5, 5.41) is 2.90. The molecule has 110 valence electrons. The normalized spacial score (nSPS) is 18.9. The number of nitrogens with one attached hydrogen (secondary N) is 1. The summed E-state index contributed by atoms with van der Waals surface area (Å²) in [6.07, 6.45) is 2.67. The fourth-order valence-electron chi connectivity index (χ4n) is 2.26. The van der Waals surface area contributed by atoms with E-state index in [4.69, 9.17) is 10.5 Å². The van der Waals surface area contributed by atoms with Gasteiger partial charge in [0.2, 0.25) is 5.91 Å². The molecule has 1 unspecified atom stereocenters. The van der Waals surface area contributed by atoms with Crippen molar-refractivity contribution in [1.29, 1.82) is 0 Å². The van der Waals surface area contributed by atoms with Crippen LogP contribution in [0.15, 0.2) is 12.3 Å². The minimum atomic E-state index is -0.368. The molecule has 0 radical (unpaired) electrons. The summed E-state index contributed by atoms with van der Waals surface area (Å²) in [5.74, 6) is 0.629. The third-order valence-electron chi connectivity index (χ3n) is 3.28. The largest absolute Gasteiger partial charge is 0.396 e. The van der Waals surface area contributed by atoms with Crippen molar-refractivity contribution in [1.82, 2.24) is 10.3 Å². The molecule has 1 amide bonds. The van der Waals surface area contributed by atoms with Gasteiger partial charge in [-0.2, -0.15) is 0 Å². The molecule has 0 spiro atoms. The van der Waals surface area contributed by atoms with Crippen molar-refractivity contribution in [3.63, 3.8) is 0 Å². The van der Waals surface area contributed by atoms with E-state index in [1.54, 1.807) is 6.20 Å². The summed E-state index contributed by atoms with van der Waals surface area (Å²) in [5.41, 5.74) is 7.64. The third-order valence-corrected chi connectivity index (χ3v) is 3.28.